The SMILES string of the molecule is CC/C=C/C/C=C/C/C=C/C/C=C/C/C=C/CCC(=O)OCC(COCCC(C(=O)O)[N+](C)(C)C)OC(=O)CCCCCCCCCCCCCCCCCCCCCCC. The predicted octanol–water partition coefficient (Wildman–Crippen LogP) is 14.1. The molecule has 8 heteroatoms. The first kappa shape index (κ1) is 58.0. The van der Waals surface area contributed by atoms with E-state index in [9.17, 15) is 19.5 Å². The second-order valence-electron chi connectivity index (χ2n) is 17.7. The van der Waals surface area contributed by atoms with Gasteiger partial charge in [-0.2, -0.15) is 0 Å². The lowest BCUT2D eigenvalue weighted by molar-refractivity contribution is -0.887. The molecule has 0 saturated heterocycles. The molecule has 61 heavy (non-hydrogen) atoms. The van der Waals surface area contributed by atoms with Crippen molar-refractivity contribution in [2.45, 2.75) is 219 Å². The summed E-state index contributed by atoms with van der Waals surface area (Å²) in [6.45, 7) is 4.56. The first-order valence-corrected chi connectivity index (χ1v) is 24.8. The number of carbonyl (C=O) groups is 3. The molecule has 0 spiro atoms. The highest BCUT2D eigenvalue weighted by Crippen LogP contribution is 2.16. The van der Waals surface area contributed by atoms with Gasteiger partial charge in [0.2, 0.25) is 0 Å². The quantitative estimate of drug-likeness (QED) is 0.0282. The standard InChI is InChI=1S/C53H93NO7/c1-6-8-10-12-14-16-18-20-22-24-25-26-27-28-30-32-34-36-38-40-42-44-52(56)61-49(47-59-46-45-50(53(57)58)54(3,4)5)48-60-51(55)43-41-39-37-35-33-31-29-23-21-19-17-15-13-11-9-7-2/h9,11,15,17,21,23,31,33,37,39,49-50H,6-8,10,12-14,16,18-20,22,24-30,32,34-36,38,40-48H2,1-5H3/p+1/b11-9+,17-15+,23-21+,33-31+,39-37+. The van der Waals surface area contributed by atoms with E-state index in [1.54, 1.807) is 0 Å². The Morgan fingerprint density at radius 2 is 0.918 bits per heavy atom. The maximum absolute atomic E-state index is 12.8. The highest BCUT2D eigenvalue weighted by Gasteiger charge is 2.31. The minimum Gasteiger partial charge on any atom is -0.477 e. The third-order valence-corrected chi connectivity index (χ3v) is 10.9. The number of ether oxygens (including phenoxy) is 3. The molecule has 0 aliphatic carbocycles. The Morgan fingerprint density at radius 1 is 0.508 bits per heavy atom. The van der Waals surface area contributed by atoms with Gasteiger partial charge in [0.15, 0.2) is 12.1 Å². The Bertz CT molecular complexity index is 1180. The van der Waals surface area contributed by atoms with Crippen LogP contribution in [0, 0.1) is 0 Å². The van der Waals surface area contributed by atoms with Crippen LogP contribution in [0.25, 0.3) is 0 Å². The number of aliphatic carboxylic acids is 1. The summed E-state index contributed by atoms with van der Waals surface area (Å²) in [5, 5.41) is 9.64. The summed E-state index contributed by atoms with van der Waals surface area (Å²) in [6.07, 6.45) is 54.3. The molecular formula is C53H94NO7+. The highest BCUT2D eigenvalue weighted by atomic mass is 16.6. The zero-order valence-electron chi connectivity index (χ0n) is 40.1. The Kier molecular flexibility index (Phi) is 41.5. The molecule has 1 N–H and O–H groups in total. The van der Waals surface area contributed by atoms with Crippen molar-refractivity contribution in [1.29, 1.82) is 0 Å². The molecule has 0 fully saturated rings. The summed E-state index contributed by atoms with van der Waals surface area (Å²) in [4.78, 5) is 37.1. The average Bonchev–Trinajstić information content (AvgIpc) is 3.22. The summed E-state index contributed by atoms with van der Waals surface area (Å²) in [7, 11) is 5.51. The van der Waals surface area contributed by atoms with Gasteiger partial charge < -0.3 is 23.8 Å². The van der Waals surface area contributed by atoms with Gasteiger partial charge in [0, 0.05) is 19.3 Å². The minimum atomic E-state index is -0.884. The van der Waals surface area contributed by atoms with Gasteiger partial charge in [-0.1, -0.05) is 203 Å². The predicted molar refractivity (Wildman–Crippen MR) is 257 cm³/mol. The lowest BCUT2D eigenvalue weighted by atomic mass is 10.0. The van der Waals surface area contributed by atoms with Crippen molar-refractivity contribution in [3.05, 3.63) is 60.8 Å². The van der Waals surface area contributed by atoms with Crippen LogP contribution in [0.1, 0.15) is 206 Å². The summed E-state index contributed by atoms with van der Waals surface area (Å²) in [5.74, 6) is -1.57. The maximum Gasteiger partial charge on any atom is 0.362 e. The third kappa shape index (κ3) is 42.1. The first-order valence-electron chi connectivity index (χ1n) is 24.8. The monoisotopic (exact) mass is 857 g/mol. The number of carbonyl (C=O) groups excluding carboxylic acids is 2. The fourth-order valence-electron chi connectivity index (χ4n) is 7.14. The molecule has 0 heterocycles. The molecule has 352 valence electrons. The highest BCUT2D eigenvalue weighted by molar-refractivity contribution is 5.72. The minimum absolute atomic E-state index is 0.0383. The van der Waals surface area contributed by atoms with E-state index in [0.29, 0.717) is 19.3 Å². The summed E-state index contributed by atoms with van der Waals surface area (Å²) >= 11 is 0. The number of carboxylic acids is 1. The van der Waals surface area contributed by atoms with Crippen molar-refractivity contribution in [2.24, 2.45) is 0 Å². The number of unbranched alkanes of at least 4 members (excludes halogenated alkanes) is 20. The molecule has 2 atom stereocenters. The Hall–Kier alpha value is -2.97. The van der Waals surface area contributed by atoms with Crippen LogP contribution in [-0.2, 0) is 28.6 Å². The van der Waals surface area contributed by atoms with E-state index in [0.717, 1.165) is 51.4 Å². The van der Waals surface area contributed by atoms with Gasteiger partial charge in [-0.3, -0.25) is 9.59 Å². The first-order chi connectivity index (χ1) is 29.6. The molecule has 8 nitrogen and oxygen atoms in total. The summed E-state index contributed by atoms with van der Waals surface area (Å²) < 4.78 is 17.3. The number of hydrogen-bond acceptors (Lipinski definition) is 6. The van der Waals surface area contributed by atoms with E-state index in [1.165, 1.54) is 116 Å². The van der Waals surface area contributed by atoms with E-state index >= 15 is 0 Å². The van der Waals surface area contributed by atoms with Crippen LogP contribution in [0.3, 0.4) is 0 Å². The van der Waals surface area contributed by atoms with Gasteiger partial charge in [-0.15, -0.1) is 0 Å². The zero-order valence-corrected chi connectivity index (χ0v) is 40.1. The van der Waals surface area contributed by atoms with Crippen molar-refractivity contribution in [2.75, 3.05) is 41.0 Å². The van der Waals surface area contributed by atoms with Crippen molar-refractivity contribution in [1.82, 2.24) is 0 Å². The molecule has 0 radical (unpaired) electrons. The zero-order chi connectivity index (χ0) is 44.9. The number of quaternary nitrogens is 1. The van der Waals surface area contributed by atoms with E-state index in [1.807, 2.05) is 33.3 Å². The van der Waals surface area contributed by atoms with Crippen molar-refractivity contribution in [3.8, 4) is 0 Å². The molecule has 0 amide bonds. The van der Waals surface area contributed by atoms with Gasteiger partial charge in [0.25, 0.3) is 0 Å². The molecular weight excluding hydrogens is 763 g/mol. The van der Waals surface area contributed by atoms with Crippen LogP contribution in [0.15, 0.2) is 60.8 Å². The van der Waals surface area contributed by atoms with E-state index in [2.05, 4.69) is 62.5 Å². The van der Waals surface area contributed by atoms with Crippen LogP contribution in [0.2, 0.25) is 0 Å². The van der Waals surface area contributed by atoms with Crippen LogP contribution in [-0.4, -0.2) is 80.6 Å². The number of esters is 2. The topological polar surface area (TPSA) is 99.1 Å². The molecule has 0 rings (SSSR count). The van der Waals surface area contributed by atoms with E-state index < -0.39 is 18.1 Å². The number of rotatable bonds is 44. The molecule has 0 bridgehead atoms. The van der Waals surface area contributed by atoms with E-state index in [4.69, 9.17) is 14.2 Å². The second-order valence-corrected chi connectivity index (χ2v) is 17.7. The average molecular weight is 857 g/mol. The number of hydrogen-bond donors (Lipinski definition) is 1. The van der Waals surface area contributed by atoms with Gasteiger partial charge in [-0.25, -0.2) is 4.79 Å². The van der Waals surface area contributed by atoms with Crippen LogP contribution in [0.5, 0.6) is 0 Å². The van der Waals surface area contributed by atoms with Crippen molar-refractivity contribution < 1.29 is 38.2 Å². The number of carboxylic acid groups (broad SMARTS) is 1. The molecule has 0 saturated carbocycles. The fourth-order valence-corrected chi connectivity index (χ4v) is 7.14. The van der Waals surface area contributed by atoms with Gasteiger partial charge in [0.05, 0.1) is 34.4 Å². The molecule has 0 aliphatic heterocycles. The third-order valence-electron chi connectivity index (χ3n) is 10.9. The molecule has 0 aromatic carbocycles. The van der Waals surface area contributed by atoms with Gasteiger partial charge in [-0.05, 0) is 44.9 Å². The lowest BCUT2D eigenvalue weighted by Gasteiger charge is -2.31. The molecule has 0 aromatic rings. The molecule has 2 unspecified atom stereocenters. The normalized spacial score (nSPS) is 13.4. The Morgan fingerprint density at radius 3 is 1.33 bits per heavy atom. The lowest BCUT2D eigenvalue weighted by Crippen LogP contribution is -2.50. The summed E-state index contributed by atoms with van der Waals surface area (Å²) in [6, 6.07) is -0.626. The van der Waals surface area contributed by atoms with Crippen LogP contribution in [0.4, 0.5) is 0 Å². The Balaban J connectivity index is 4.32. The molecule has 0 aromatic heterocycles. The Labute approximate surface area is 375 Å². The number of allylic oxidation sites excluding steroid dienone is 10. The van der Waals surface area contributed by atoms with Crippen LogP contribution < -0.4 is 0 Å². The smallest absolute Gasteiger partial charge is 0.362 e. The van der Waals surface area contributed by atoms with Gasteiger partial charge >= 0.3 is 17.9 Å². The second kappa shape index (κ2) is 43.7. The van der Waals surface area contributed by atoms with E-state index in [-0.39, 0.29) is 42.7 Å². The number of likely N-dealkylation sites (N-methyl/N-ethyl adjacent to an activating group) is 1. The van der Waals surface area contributed by atoms with Crippen LogP contribution >= 0.6 is 0 Å². The van der Waals surface area contributed by atoms with Crippen molar-refractivity contribution in [3.63, 3.8) is 0 Å². The van der Waals surface area contributed by atoms with Gasteiger partial charge in [0.1, 0.15) is 6.61 Å². The maximum atomic E-state index is 12.8. The summed E-state index contributed by atoms with van der Waals surface area (Å²) in [5.41, 5.74) is 0. The van der Waals surface area contributed by atoms with Crippen molar-refractivity contribution >= 4 is 17.9 Å². The number of nitrogens with zero attached hydrogens (tertiary/aromatic N) is 1. The largest absolute Gasteiger partial charge is 0.477 e. The molecule has 0 aliphatic rings. The fraction of sp³-hybridized carbons (Fsp3) is 0.755.